The predicted molar refractivity (Wildman–Crippen MR) is 88.2 cm³/mol. The SMILES string of the molecule is C/C=C/CN1CCN(Cc2cc(C3CC3)n[nH]2)CC(C(=O)O)C1. The van der Waals surface area contributed by atoms with Gasteiger partial charge in [-0.2, -0.15) is 5.10 Å². The number of aromatic nitrogens is 2. The van der Waals surface area contributed by atoms with Crippen LogP contribution in [0.1, 0.15) is 37.1 Å². The van der Waals surface area contributed by atoms with Crippen molar-refractivity contribution in [1.82, 2.24) is 20.0 Å². The van der Waals surface area contributed by atoms with E-state index in [2.05, 4.69) is 32.1 Å². The van der Waals surface area contributed by atoms with E-state index >= 15 is 0 Å². The van der Waals surface area contributed by atoms with Crippen LogP contribution >= 0.6 is 0 Å². The second-order valence-corrected chi connectivity index (χ2v) is 6.69. The summed E-state index contributed by atoms with van der Waals surface area (Å²) in [6.45, 7) is 6.57. The van der Waals surface area contributed by atoms with Crippen LogP contribution in [-0.4, -0.2) is 63.8 Å². The summed E-state index contributed by atoms with van der Waals surface area (Å²) in [4.78, 5) is 16.0. The first kappa shape index (κ1) is 16.2. The lowest BCUT2D eigenvalue weighted by molar-refractivity contribution is -0.142. The Hall–Kier alpha value is -1.66. The molecule has 3 rings (SSSR count). The molecule has 0 radical (unpaired) electrons. The predicted octanol–water partition coefficient (Wildman–Crippen LogP) is 1.68. The molecular formula is C17H26N4O2. The average Bonchev–Trinajstić information content (AvgIpc) is 3.30. The van der Waals surface area contributed by atoms with Gasteiger partial charge in [-0.3, -0.25) is 19.7 Å². The number of carbonyl (C=O) groups is 1. The van der Waals surface area contributed by atoms with E-state index in [-0.39, 0.29) is 5.92 Å². The fraction of sp³-hybridized carbons (Fsp3) is 0.647. The zero-order valence-electron chi connectivity index (χ0n) is 13.7. The van der Waals surface area contributed by atoms with Crippen LogP contribution < -0.4 is 0 Å². The van der Waals surface area contributed by atoms with Gasteiger partial charge >= 0.3 is 5.97 Å². The van der Waals surface area contributed by atoms with Crippen molar-refractivity contribution in [1.29, 1.82) is 0 Å². The van der Waals surface area contributed by atoms with Crippen molar-refractivity contribution in [2.75, 3.05) is 32.7 Å². The highest BCUT2D eigenvalue weighted by Gasteiger charge is 2.29. The smallest absolute Gasteiger partial charge is 0.309 e. The van der Waals surface area contributed by atoms with Crippen molar-refractivity contribution < 1.29 is 9.90 Å². The Morgan fingerprint density at radius 2 is 2.13 bits per heavy atom. The van der Waals surface area contributed by atoms with E-state index in [0.29, 0.717) is 19.0 Å². The fourth-order valence-corrected chi connectivity index (χ4v) is 3.16. The summed E-state index contributed by atoms with van der Waals surface area (Å²) in [5, 5.41) is 17.0. The van der Waals surface area contributed by atoms with Gasteiger partial charge in [-0.05, 0) is 25.8 Å². The van der Waals surface area contributed by atoms with Crippen LogP contribution in [0.25, 0.3) is 0 Å². The Balaban J connectivity index is 1.62. The maximum Gasteiger partial charge on any atom is 0.309 e. The first-order chi connectivity index (χ1) is 11.2. The van der Waals surface area contributed by atoms with E-state index in [1.54, 1.807) is 0 Å². The van der Waals surface area contributed by atoms with Crippen LogP contribution in [0.4, 0.5) is 0 Å². The van der Waals surface area contributed by atoms with Gasteiger partial charge in [0.1, 0.15) is 0 Å². The Labute approximate surface area is 137 Å². The molecule has 0 spiro atoms. The average molecular weight is 318 g/mol. The number of rotatable bonds is 6. The number of aromatic amines is 1. The molecule has 1 saturated heterocycles. The highest BCUT2D eigenvalue weighted by atomic mass is 16.4. The first-order valence-corrected chi connectivity index (χ1v) is 8.48. The van der Waals surface area contributed by atoms with E-state index in [0.717, 1.165) is 31.9 Å². The molecule has 1 aromatic rings. The lowest BCUT2D eigenvalue weighted by Gasteiger charge is -2.20. The van der Waals surface area contributed by atoms with Crippen LogP contribution in [-0.2, 0) is 11.3 Å². The van der Waals surface area contributed by atoms with Gasteiger partial charge in [-0.15, -0.1) is 0 Å². The Kier molecular flexibility index (Phi) is 5.13. The molecule has 2 N–H and O–H groups in total. The summed E-state index contributed by atoms with van der Waals surface area (Å²) >= 11 is 0. The number of nitrogens with zero attached hydrogens (tertiary/aromatic N) is 3. The largest absolute Gasteiger partial charge is 0.481 e. The molecule has 23 heavy (non-hydrogen) atoms. The molecule has 6 nitrogen and oxygen atoms in total. The zero-order chi connectivity index (χ0) is 16.2. The number of carboxylic acids is 1. The Morgan fingerprint density at radius 1 is 1.39 bits per heavy atom. The van der Waals surface area contributed by atoms with E-state index in [1.807, 2.05) is 13.0 Å². The summed E-state index contributed by atoms with van der Waals surface area (Å²) in [5.41, 5.74) is 2.26. The van der Waals surface area contributed by atoms with Crippen LogP contribution in [0.15, 0.2) is 18.2 Å². The summed E-state index contributed by atoms with van der Waals surface area (Å²) in [6.07, 6.45) is 6.60. The van der Waals surface area contributed by atoms with Crippen molar-refractivity contribution in [2.45, 2.75) is 32.2 Å². The normalized spacial score (nSPS) is 24.1. The quantitative estimate of drug-likeness (QED) is 0.781. The van der Waals surface area contributed by atoms with E-state index in [9.17, 15) is 9.90 Å². The van der Waals surface area contributed by atoms with Crippen LogP contribution in [0.2, 0.25) is 0 Å². The maximum atomic E-state index is 11.5. The van der Waals surface area contributed by atoms with Crippen LogP contribution in [0.3, 0.4) is 0 Å². The lowest BCUT2D eigenvalue weighted by atomic mass is 10.1. The number of carboxylic acid groups (broad SMARTS) is 1. The molecule has 1 unspecified atom stereocenters. The Bertz CT molecular complexity index is 565. The third-order valence-corrected chi connectivity index (χ3v) is 4.68. The molecule has 126 valence electrons. The molecule has 0 bridgehead atoms. The van der Waals surface area contributed by atoms with Crippen LogP contribution in [0, 0.1) is 5.92 Å². The number of hydrogen-bond acceptors (Lipinski definition) is 4. The van der Waals surface area contributed by atoms with Crippen molar-refractivity contribution in [3.05, 3.63) is 29.6 Å². The van der Waals surface area contributed by atoms with E-state index < -0.39 is 5.97 Å². The van der Waals surface area contributed by atoms with Gasteiger partial charge in [0.2, 0.25) is 0 Å². The summed E-state index contributed by atoms with van der Waals surface area (Å²) in [5.74, 6) is -0.397. The van der Waals surface area contributed by atoms with Crippen molar-refractivity contribution in [2.24, 2.45) is 5.92 Å². The number of aliphatic carboxylic acids is 1. The summed E-state index contributed by atoms with van der Waals surface area (Å²) in [6, 6.07) is 2.15. The molecule has 6 heteroatoms. The van der Waals surface area contributed by atoms with Crippen molar-refractivity contribution in [3.63, 3.8) is 0 Å². The minimum atomic E-state index is -0.703. The molecule has 1 saturated carbocycles. The van der Waals surface area contributed by atoms with Crippen LogP contribution in [0.5, 0.6) is 0 Å². The minimum absolute atomic E-state index is 0.339. The molecule has 1 aromatic heterocycles. The van der Waals surface area contributed by atoms with Crippen molar-refractivity contribution >= 4 is 5.97 Å². The van der Waals surface area contributed by atoms with Gasteiger partial charge in [0.15, 0.2) is 0 Å². The number of hydrogen-bond donors (Lipinski definition) is 2. The molecule has 2 heterocycles. The molecular weight excluding hydrogens is 292 g/mol. The molecule has 2 aliphatic rings. The third kappa shape index (κ3) is 4.42. The minimum Gasteiger partial charge on any atom is -0.481 e. The second kappa shape index (κ2) is 7.27. The lowest BCUT2D eigenvalue weighted by Crippen LogP contribution is -2.34. The number of allylic oxidation sites excluding steroid dienone is 1. The summed E-state index contributed by atoms with van der Waals surface area (Å²) < 4.78 is 0. The van der Waals surface area contributed by atoms with E-state index in [4.69, 9.17) is 0 Å². The summed E-state index contributed by atoms with van der Waals surface area (Å²) in [7, 11) is 0. The van der Waals surface area contributed by atoms with Gasteiger partial charge < -0.3 is 5.11 Å². The third-order valence-electron chi connectivity index (χ3n) is 4.68. The Morgan fingerprint density at radius 3 is 2.83 bits per heavy atom. The zero-order valence-corrected chi connectivity index (χ0v) is 13.7. The molecule has 1 aliphatic carbocycles. The standard InChI is InChI=1S/C17H26N4O2/c1-2-3-6-20-7-8-21(11-14(10-20)17(22)23)12-15-9-16(19-18-15)13-4-5-13/h2-3,9,13-14H,4-8,10-12H2,1H3,(H,18,19)(H,22,23)/b3-2+. The molecule has 2 fully saturated rings. The number of H-pyrrole nitrogens is 1. The molecule has 1 aliphatic heterocycles. The molecule has 0 amide bonds. The van der Waals surface area contributed by atoms with Gasteiger partial charge in [0.25, 0.3) is 0 Å². The fourth-order valence-electron chi connectivity index (χ4n) is 3.16. The van der Waals surface area contributed by atoms with Gasteiger partial charge in [-0.25, -0.2) is 0 Å². The molecule has 0 aromatic carbocycles. The first-order valence-electron chi connectivity index (χ1n) is 8.48. The van der Waals surface area contributed by atoms with Gasteiger partial charge in [0.05, 0.1) is 11.6 Å². The van der Waals surface area contributed by atoms with Gasteiger partial charge in [0, 0.05) is 50.9 Å². The highest BCUT2D eigenvalue weighted by Crippen LogP contribution is 2.39. The highest BCUT2D eigenvalue weighted by molar-refractivity contribution is 5.70. The topological polar surface area (TPSA) is 72.5 Å². The van der Waals surface area contributed by atoms with Crippen molar-refractivity contribution in [3.8, 4) is 0 Å². The molecule has 1 atom stereocenters. The number of nitrogens with one attached hydrogen (secondary N) is 1. The van der Waals surface area contributed by atoms with Gasteiger partial charge in [-0.1, -0.05) is 12.2 Å². The monoisotopic (exact) mass is 318 g/mol. The van der Waals surface area contributed by atoms with E-state index in [1.165, 1.54) is 18.5 Å². The second-order valence-electron chi connectivity index (χ2n) is 6.69. The maximum absolute atomic E-state index is 11.5.